The monoisotopic (exact) mass is 303 g/mol. The van der Waals surface area contributed by atoms with E-state index in [2.05, 4.69) is 16.9 Å². The minimum Gasteiger partial charge on any atom is -0.370 e. The van der Waals surface area contributed by atoms with E-state index < -0.39 is 0 Å². The van der Waals surface area contributed by atoms with Crippen molar-refractivity contribution in [3.63, 3.8) is 0 Å². The maximum atomic E-state index is 12.3. The number of hydrogen-bond acceptors (Lipinski definition) is 4. The van der Waals surface area contributed by atoms with Gasteiger partial charge in [-0.05, 0) is 50.0 Å². The van der Waals surface area contributed by atoms with Crippen LogP contribution in [-0.2, 0) is 22.5 Å². The lowest BCUT2D eigenvalue weighted by Crippen LogP contribution is -2.41. The zero-order valence-corrected chi connectivity index (χ0v) is 13.3. The maximum Gasteiger partial charge on any atom is 0.248 e. The van der Waals surface area contributed by atoms with Crippen LogP contribution in [0.3, 0.4) is 0 Å². The summed E-state index contributed by atoms with van der Waals surface area (Å²) in [5, 5.41) is 0. The number of carbonyl (C=O) groups excluding carboxylic acids is 1. The summed E-state index contributed by atoms with van der Waals surface area (Å²) in [6, 6.07) is 2.47. The molecule has 3 rings (SSSR count). The molecule has 3 heterocycles. The predicted octanol–water partition coefficient (Wildman–Crippen LogP) is 1.47. The zero-order valence-electron chi connectivity index (χ0n) is 13.3. The Labute approximate surface area is 132 Å². The Hall–Kier alpha value is -1.46. The highest BCUT2D eigenvalue weighted by Gasteiger charge is 2.22. The Morgan fingerprint density at radius 2 is 2.27 bits per heavy atom. The lowest BCUT2D eigenvalue weighted by atomic mass is 10.0. The third-order valence-electron chi connectivity index (χ3n) is 4.83. The fourth-order valence-electron chi connectivity index (χ4n) is 3.32. The van der Waals surface area contributed by atoms with Gasteiger partial charge in [0.1, 0.15) is 6.61 Å². The van der Waals surface area contributed by atoms with Crippen molar-refractivity contribution >= 4 is 5.91 Å². The predicted molar refractivity (Wildman–Crippen MR) is 84.4 cm³/mol. The van der Waals surface area contributed by atoms with E-state index >= 15 is 0 Å². The first-order valence-electron chi connectivity index (χ1n) is 8.21. The molecule has 1 unspecified atom stereocenters. The second-order valence-corrected chi connectivity index (χ2v) is 6.36. The van der Waals surface area contributed by atoms with Crippen LogP contribution in [0.15, 0.2) is 18.5 Å². The van der Waals surface area contributed by atoms with E-state index in [1.807, 2.05) is 17.2 Å². The van der Waals surface area contributed by atoms with Crippen molar-refractivity contribution in [1.82, 2.24) is 14.8 Å². The first-order valence-corrected chi connectivity index (χ1v) is 8.21. The molecule has 1 saturated heterocycles. The largest absolute Gasteiger partial charge is 0.370 e. The molecule has 22 heavy (non-hydrogen) atoms. The topological polar surface area (TPSA) is 45.7 Å². The van der Waals surface area contributed by atoms with Crippen molar-refractivity contribution in [2.24, 2.45) is 0 Å². The SMILES string of the molecule is CN1CCCCC1COCC(=O)N1CCc2cnccc2C1. The number of likely N-dealkylation sites (tertiary alicyclic amines) is 1. The summed E-state index contributed by atoms with van der Waals surface area (Å²) < 4.78 is 5.70. The van der Waals surface area contributed by atoms with E-state index in [4.69, 9.17) is 4.74 Å². The van der Waals surface area contributed by atoms with Gasteiger partial charge in [0.05, 0.1) is 6.61 Å². The summed E-state index contributed by atoms with van der Waals surface area (Å²) in [7, 11) is 2.14. The number of nitrogens with zero attached hydrogens (tertiary/aromatic N) is 3. The molecule has 2 aliphatic heterocycles. The highest BCUT2D eigenvalue weighted by Crippen LogP contribution is 2.18. The molecule has 1 fully saturated rings. The fourth-order valence-corrected chi connectivity index (χ4v) is 3.32. The van der Waals surface area contributed by atoms with Crippen LogP contribution >= 0.6 is 0 Å². The van der Waals surface area contributed by atoms with E-state index in [-0.39, 0.29) is 12.5 Å². The van der Waals surface area contributed by atoms with Gasteiger partial charge in [-0.2, -0.15) is 0 Å². The van der Waals surface area contributed by atoms with Gasteiger partial charge in [-0.3, -0.25) is 9.78 Å². The van der Waals surface area contributed by atoms with Crippen LogP contribution in [0.4, 0.5) is 0 Å². The molecule has 0 spiro atoms. The highest BCUT2D eigenvalue weighted by molar-refractivity contribution is 5.77. The molecule has 1 aromatic heterocycles. The molecule has 1 amide bonds. The summed E-state index contributed by atoms with van der Waals surface area (Å²) in [5.74, 6) is 0.0981. The molecule has 5 heteroatoms. The number of piperidine rings is 1. The molecule has 0 aromatic carbocycles. The van der Waals surface area contributed by atoms with Gasteiger partial charge in [0.15, 0.2) is 0 Å². The number of amides is 1. The van der Waals surface area contributed by atoms with Gasteiger partial charge in [-0.25, -0.2) is 0 Å². The summed E-state index contributed by atoms with van der Waals surface area (Å²) in [6.45, 7) is 3.45. The maximum absolute atomic E-state index is 12.3. The normalized spacial score (nSPS) is 22.4. The molecular weight excluding hydrogens is 278 g/mol. The Balaban J connectivity index is 1.45. The molecule has 0 aliphatic carbocycles. The third kappa shape index (κ3) is 3.65. The fraction of sp³-hybridized carbons (Fsp3) is 0.647. The van der Waals surface area contributed by atoms with Gasteiger partial charge in [0.25, 0.3) is 0 Å². The van der Waals surface area contributed by atoms with Gasteiger partial charge < -0.3 is 14.5 Å². The van der Waals surface area contributed by atoms with Gasteiger partial charge in [0.2, 0.25) is 5.91 Å². The van der Waals surface area contributed by atoms with Crippen molar-refractivity contribution in [3.05, 3.63) is 29.6 Å². The first-order chi connectivity index (χ1) is 10.7. The highest BCUT2D eigenvalue weighted by atomic mass is 16.5. The molecule has 1 atom stereocenters. The second-order valence-electron chi connectivity index (χ2n) is 6.36. The van der Waals surface area contributed by atoms with Crippen LogP contribution in [0, 0.1) is 0 Å². The molecule has 5 nitrogen and oxygen atoms in total. The summed E-state index contributed by atoms with van der Waals surface area (Å²) in [5.41, 5.74) is 2.47. The summed E-state index contributed by atoms with van der Waals surface area (Å²) in [6.07, 6.45) is 8.31. The Bertz CT molecular complexity index is 520. The average Bonchev–Trinajstić information content (AvgIpc) is 2.56. The van der Waals surface area contributed by atoms with Gasteiger partial charge in [-0.1, -0.05) is 6.42 Å². The number of rotatable bonds is 4. The quantitative estimate of drug-likeness (QED) is 0.845. The second kappa shape index (κ2) is 7.20. The number of hydrogen-bond donors (Lipinski definition) is 0. The van der Waals surface area contributed by atoms with E-state index in [0.717, 1.165) is 19.5 Å². The number of pyridine rings is 1. The minimum atomic E-state index is 0.0981. The molecule has 0 bridgehead atoms. The van der Waals surface area contributed by atoms with Gasteiger partial charge in [-0.15, -0.1) is 0 Å². The lowest BCUT2D eigenvalue weighted by Gasteiger charge is -2.32. The van der Waals surface area contributed by atoms with Gasteiger partial charge >= 0.3 is 0 Å². The smallest absolute Gasteiger partial charge is 0.248 e. The van der Waals surface area contributed by atoms with E-state index in [0.29, 0.717) is 19.2 Å². The molecule has 2 aliphatic rings. The van der Waals surface area contributed by atoms with Crippen molar-refractivity contribution in [3.8, 4) is 0 Å². The number of aromatic nitrogens is 1. The Morgan fingerprint density at radius 1 is 1.36 bits per heavy atom. The number of carbonyl (C=O) groups is 1. The Kier molecular flexibility index (Phi) is 5.05. The minimum absolute atomic E-state index is 0.0981. The van der Waals surface area contributed by atoms with E-state index in [9.17, 15) is 4.79 Å². The molecule has 120 valence electrons. The molecule has 0 N–H and O–H groups in total. The first kappa shape index (κ1) is 15.4. The van der Waals surface area contributed by atoms with Gasteiger partial charge in [0, 0.05) is 31.5 Å². The van der Waals surface area contributed by atoms with Crippen molar-refractivity contribution in [2.45, 2.75) is 38.3 Å². The number of ether oxygens (including phenoxy) is 1. The summed E-state index contributed by atoms with van der Waals surface area (Å²) in [4.78, 5) is 20.7. The zero-order chi connectivity index (χ0) is 15.4. The lowest BCUT2D eigenvalue weighted by molar-refractivity contribution is -0.137. The Morgan fingerprint density at radius 3 is 3.14 bits per heavy atom. The van der Waals surface area contributed by atoms with Crippen LogP contribution in [0.1, 0.15) is 30.4 Å². The summed E-state index contributed by atoms with van der Waals surface area (Å²) >= 11 is 0. The van der Waals surface area contributed by atoms with Crippen molar-refractivity contribution in [1.29, 1.82) is 0 Å². The molecule has 0 radical (unpaired) electrons. The molecular formula is C17H25N3O2. The molecule has 0 saturated carbocycles. The van der Waals surface area contributed by atoms with E-state index in [1.165, 1.54) is 30.4 Å². The van der Waals surface area contributed by atoms with Crippen LogP contribution in [0.25, 0.3) is 0 Å². The van der Waals surface area contributed by atoms with Crippen LogP contribution in [0.2, 0.25) is 0 Å². The number of likely N-dealkylation sites (N-methyl/N-ethyl adjacent to an activating group) is 1. The van der Waals surface area contributed by atoms with Crippen LogP contribution < -0.4 is 0 Å². The van der Waals surface area contributed by atoms with Crippen molar-refractivity contribution in [2.75, 3.05) is 33.4 Å². The van der Waals surface area contributed by atoms with Crippen molar-refractivity contribution < 1.29 is 9.53 Å². The average molecular weight is 303 g/mol. The van der Waals surface area contributed by atoms with E-state index in [1.54, 1.807) is 6.20 Å². The standard InChI is InChI=1S/C17H25N3O2/c1-19-8-3-2-4-16(19)12-22-13-17(21)20-9-6-14-10-18-7-5-15(14)11-20/h5,7,10,16H,2-4,6,8-9,11-13H2,1H3. The third-order valence-corrected chi connectivity index (χ3v) is 4.83. The molecule has 1 aromatic rings. The van der Waals surface area contributed by atoms with Crippen LogP contribution in [0.5, 0.6) is 0 Å². The number of fused-ring (bicyclic) bond motifs is 1. The van der Waals surface area contributed by atoms with Crippen LogP contribution in [-0.4, -0.2) is 60.1 Å².